The van der Waals surface area contributed by atoms with Crippen LogP contribution in [0.5, 0.6) is 0 Å². The van der Waals surface area contributed by atoms with Crippen LogP contribution in [-0.2, 0) is 0 Å². The van der Waals surface area contributed by atoms with Gasteiger partial charge in [-0.15, -0.1) is 0 Å². The van der Waals surface area contributed by atoms with E-state index in [9.17, 15) is 16.8 Å². The van der Waals surface area contributed by atoms with Crippen molar-refractivity contribution in [2.24, 2.45) is 0 Å². The molecule has 0 amide bonds. The van der Waals surface area contributed by atoms with Crippen LogP contribution in [0.4, 0.5) is 16.8 Å². The van der Waals surface area contributed by atoms with Gasteiger partial charge in [0.1, 0.15) is 0 Å². The van der Waals surface area contributed by atoms with Crippen LogP contribution in [-0.4, -0.2) is 48.9 Å². The van der Waals surface area contributed by atoms with Crippen molar-refractivity contribution in [1.29, 1.82) is 0 Å². The summed E-state index contributed by atoms with van der Waals surface area (Å²) in [5.74, 6) is 0. The first kappa shape index (κ1) is 10.7. The third-order valence-corrected chi connectivity index (χ3v) is 3.64. The minimum absolute atomic E-state index is 0.214. The molecule has 0 saturated carbocycles. The summed E-state index contributed by atoms with van der Waals surface area (Å²) >= 11 is 0. The Balaban J connectivity index is 3.32. The summed E-state index contributed by atoms with van der Waals surface area (Å²) in [6.45, 7) is 0.205. The fourth-order valence-electron chi connectivity index (χ4n) is 1.65. The van der Waals surface area contributed by atoms with Crippen molar-refractivity contribution in [2.75, 3.05) is 33.8 Å². The van der Waals surface area contributed by atoms with E-state index in [1.165, 1.54) is 14.1 Å². The van der Waals surface area contributed by atoms with Gasteiger partial charge in [-0.05, 0) is 0 Å². The Bertz CT molecular complexity index is 277. The normalized spacial score (nSPS) is 24.7. The third-order valence-electron chi connectivity index (χ3n) is 1.96. The van der Waals surface area contributed by atoms with E-state index in [2.05, 4.69) is 0 Å². The summed E-state index contributed by atoms with van der Waals surface area (Å²) in [5.41, 5.74) is -1.11. The average molecular weight is 220 g/mol. The van der Waals surface area contributed by atoms with E-state index in [0.29, 0.717) is 0 Å². The van der Waals surface area contributed by atoms with Crippen molar-refractivity contribution in [1.82, 2.24) is 4.90 Å². The molecule has 0 atom stereocenters. The van der Waals surface area contributed by atoms with Crippen molar-refractivity contribution in [3.63, 3.8) is 0 Å². The number of likely N-dealkylation sites (N-methyl/N-ethyl adjacent to an activating group) is 2. The van der Waals surface area contributed by atoms with Gasteiger partial charge in [0, 0.05) is 0 Å². The number of nitrogens with zero attached hydrogens (tertiary/aromatic N) is 2. The molecule has 1 aliphatic heterocycles. The molecule has 0 aromatic carbocycles. The molecule has 0 fully saturated rings. The molecule has 13 heavy (non-hydrogen) atoms. The van der Waals surface area contributed by atoms with Gasteiger partial charge in [0.05, 0.1) is 0 Å². The molecule has 0 unspecified atom stereocenters. The second-order valence-electron chi connectivity index (χ2n) is 3.76. The Morgan fingerprint density at radius 1 is 1.31 bits per heavy atom. The molecular formula is C6H13F4N2P. The second kappa shape index (κ2) is 2.00. The fraction of sp³-hybridized carbons (Fsp3) is 0.833. The summed E-state index contributed by atoms with van der Waals surface area (Å²) in [5, 5.41) is 0. The number of hydrogen-bond donors (Lipinski definition) is 0. The van der Waals surface area contributed by atoms with E-state index >= 15 is 0 Å². The van der Waals surface area contributed by atoms with Crippen LogP contribution < -0.4 is 0 Å². The van der Waals surface area contributed by atoms with Gasteiger partial charge in [0.2, 0.25) is 0 Å². The van der Waals surface area contributed by atoms with Crippen LogP contribution in [0.3, 0.4) is 0 Å². The number of amidine groups is 1. The van der Waals surface area contributed by atoms with E-state index in [-0.39, 0.29) is 19.8 Å². The standard InChI is InChI=1S/C6H13F4N2P/c1-11-4-5-12(2)6(11)13(3,7,8,9)10/h4-5H2,1-3H3. The maximum atomic E-state index is 13.0. The first-order chi connectivity index (χ1) is 5.41. The monoisotopic (exact) mass is 220 g/mol. The first-order valence-corrected chi connectivity index (χ1v) is 6.51. The molecule has 2 nitrogen and oxygen atoms in total. The van der Waals surface area contributed by atoms with E-state index in [4.69, 9.17) is 0 Å². The van der Waals surface area contributed by atoms with Gasteiger partial charge in [-0.2, -0.15) is 0 Å². The molecule has 0 saturated heterocycles. The molecular weight excluding hydrogens is 207 g/mol. The molecule has 7 heteroatoms. The number of rotatable bonds is 1. The van der Waals surface area contributed by atoms with Crippen molar-refractivity contribution in [2.45, 2.75) is 0 Å². The molecule has 0 bridgehead atoms. The van der Waals surface area contributed by atoms with Crippen molar-refractivity contribution >= 4 is 12.8 Å². The zero-order valence-corrected chi connectivity index (χ0v) is 8.66. The maximum absolute atomic E-state index is 13.0. The van der Waals surface area contributed by atoms with E-state index in [1.807, 2.05) is 0 Å². The summed E-state index contributed by atoms with van der Waals surface area (Å²) in [6, 6.07) is 0. The van der Waals surface area contributed by atoms with E-state index < -0.39 is 12.8 Å². The zero-order valence-electron chi connectivity index (χ0n) is 7.77. The van der Waals surface area contributed by atoms with Crippen LogP contribution in [0.15, 0.2) is 0 Å². The Morgan fingerprint density at radius 2 is 1.77 bits per heavy atom. The van der Waals surface area contributed by atoms with Gasteiger partial charge in [-0.3, -0.25) is 0 Å². The predicted octanol–water partition coefficient (Wildman–Crippen LogP) is 2.19. The summed E-state index contributed by atoms with van der Waals surface area (Å²) in [4.78, 5) is 0.926. The zero-order chi connectivity index (χ0) is 10.6. The van der Waals surface area contributed by atoms with E-state index in [0.717, 1.165) is 9.48 Å². The van der Waals surface area contributed by atoms with Gasteiger partial charge >= 0.3 is 72.9 Å². The molecule has 1 heterocycles. The van der Waals surface area contributed by atoms with Gasteiger partial charge in [-0.1, -0.05) is 0 Å². The molecule has 0 aromatic heterocycles. The number of hydrogen-bond acceptors (Lipinski definition) is 1. The predicted molar refractivity (Wildman–Crippen MR) is 46.0 cm³/mol. The molecule has 1 aliphatic rings. The van der Waals surface area contributed by atoms with Crippen LogP contribution >= 0.6 is 7.19 Å². The first-order valence-electron chi connectivity index (χ1n) is 3.82. The SMILES string of the molecule is CN1CC[N+](C)=C1[P-](C)(F)(F)(F)F. The van der Waals surface area contributed by atoms with Crippen LogP contribution in [0.25, 0.3) is 0 Å². The van der Waals surface area contributed by atoms with Gasteiger partial charge in [0.25, 0.3) is 0 Å². The quantitative estimate of drug-likeness (QED) is 0.373. The Kier molecular flexibility index (Phi) is 1.64. The minimum atomic E-state index is -8.20. The summed E-state index contributed by atoms with van der Waals surface area (Å²) < 4.78 is 52.9. The molecule has 1 rings (SSSR count). The molecule has 0 aromatic rings. The average Bonchev–Trinajstić information content (AvgIpc) is 2.04. The molecule has 0 N–H and O–H groups in total. The van der Waals surface area contributed by atoms with Crippen molar-refractivity contribution in [3.8, 4) is 0 Å². The van der Waals surface area contributed by atoms with Crippen LogP contribution in [0, 0.1) is 0 Å². The Labute approximate surface area is 73.8 Å². The topological polar surface area (TPSA) is 6.25 Å². The van der Waals surface area contributed by atoms with Crippen LogP contribution in [0.2, 0.25) is 0 Å². The molecule has 0 radical (unpaired) electrons. The fourth-order valence-corrected chi connectivity index (χ4v) is 3.56. The molecule has 0 spiro atoms. The van der Waals surface area contributed by atoms with Gasteiger partial charge in [0.15, 0.2) is 0 Å². The summed E-state index contributed by atoms with van der Waals surface area (Å²) in [7, 11) is -5.69. The number of halogens is 4. The molecule has 80 valence electrons. The summed E-state index contributed by atoms with van der Waals surface area (Å²) in [6.07, 6.45) is 0. The van der Waals surface area contributed by atoms with Crippen molar-refractivity contribution in [3.05, 3.63) is 0 Å². The second-order valence-corrected chi connectivity index (χ2v) is 7.41. The molecule has 0 aliphatic carbocycles. The van der Waals surface area contributed by atoms with Gasteiger partial charge in [-0.25, -0.2) is 0 Å². The Morgan fingerprint density at radius 3 is 1.92 bits per heavy atom. The van der Waals surface area contributed by atoms with E-state index in [1.54, 1.807) is 0 Å². The van der Waals surface area contributed by atoms with Crippen molar-refractivity contribution < 1.29 is 21.4 Å². The Hall–Kier alpha value is -0.380. The van der Waals surface area contributed by atoms with Crippen LogP contribution in [0.1, 0.15) is 0 Å². The third kappa shape index (κ3) is 2.10. The van der Waals surface area contributed by atoms with Gasteiger partial charge < -0.3 is 0 Å².